The van der Waals surface area contributed by atoms with Crippen LogP contribution in [0, 0.1) is 11.3 Å². The standard InChI is InChI=1S/C17H28N4O2/c1-12-14(17(2,3)15(12)22-4)18-9-13-10-19-16(20-11-13)21-5-7-23-8-6-21/h10-12,14-15,18H,5-9H2,1-4H3/t12-,14+,15+/m0/s1. The lowest BCUT2D eigenvalue weighted by Gasteiger charge is -2.56. The minimum absolute atomic E-state index is 0.156. The molecule has 0 bridgehead atoms. The van der Waals surface area contributed by atoms with Crippen LogP contribution in [0.25, 0.3) is 0 Å². The van der Waals surface area contributed by atoms with Gasteiger partial charge in [-0.25, -0.2) is 9.97 Å². The molecule has 6 nitrogen and oxygen atoms in total. The molecule has 1 aromatic rings. The second kappa shape index (κ2) is 6.71. The van der Waals surface area contributed by atoms with E-state index in [1.165, 1.54) is 0 Å². The van der Waals surface area contributed by atoms with Crippen LogP contribution in [0.15, 0.2) is 12.4 Å². The van der Waals surface area contributed by atoms with Crippen molar-refractivity contribution in [3.8, 4) is 0 Å². The third-order valence-corrected chi connectivity index (χ3v) is 5.30. The van der Waals surface area contributed by atoms with Crippen LogP contribution in [0.2, 0.25) is 0 Å². The summed E-state index contributed by atoms with van der Waals surface area (Å²) in [6.45, 7) is 10.8. The maximum Gasteiger partial charge on any atom is 0.225 e. The van der Waals surface area contributed by atoms with E-state index in [1.807, 2.05) is 12.4 Å². The first-order valence-corrected chi connectivity index (χ1v) is 8.44. The lowest BCUT2D eigenvalue weighted by molar-refractivity contribution is -0.145. The predicted molar refractivity (Wildman–Crippen MR) is 89.4 cm³/mol. The van der Waals surface area contributed by atoms with Gasteiger partial charge in [-0.15, -0.1) is 0 Å². The first-order chi connectivity index (χ1) is 11.0. The van der Waals surface area contributed by atoms with Gasteiger partial charge in [0.05, 0.1) is 19.3 Å². The molecule has 1 N–H and O–H groups in total. The van der Waals surface area contributed by atoms with Gasteiger partial charge in [0.2, 0.25) is 5.95 Å². The molecule has 2 fully saturated rings. The van der Waals surface area contributed by atoms with E-state index in [1.54, 1.807) is 7.11 Å². The molecule has 3 atom stereocenters. The highest BCUT2D eigenvalue weighted by Crippen LogP contribution is 2.46. The SMILES string of the molecule is CO[C@@H]1[C@@H](C)[C@@H](NCc2cnc(N3CCOCC3)nc2)C1(C)C. The van der Waals surface area contributed by atoms with Crippen molar-refractivity contribution in [3.63, 3.8) is 0 Å². The minimum Gasteiger partial charge on any atom is -0.380 e. The Balaban J connectivity index is 1.55. The van der Waals surface area contributed by atoms with Gasteiger partial charge < -0.3 is 19.7 Å². The van der Waals surface area contributed by atoms with Crippen molar-refractivity contribution in [2.24, 2.45) is 11.3 Å². The summed E-state index contributed by atoms with van der Waals surface area (Å²) in [7, 11) is 1.80. The summed E-state index contributed by atoms with van der Waals surface area (Å²) in [5.41, 5.74) is 1.27. The lowest BCUT2D eigenvalue weighted by Crippen LogP contribution is -2.66. The van der Waals surface area contributed by atoms with E-state index in [9.17, 15) is 0 Å². The van der Waals surface area contributed by atoms with E-state index in [2.05, 4.69) is 41.0 Å². The lowest BCUT2D eigenvalue weighted by atomic mass is 9.58. The van der Waals surface area contributed by atoms with Crippen LogP contribution in [0.5, 0.6) is 0 Å². The molecule has 2 aliphatic rings. The normalized spacial score (nSPS) is 30.1. The molecule has 3 rings (SSSR count). The second-order valence-electron chi connectivity index (χ2n) is 7.19. The molecule has 0 aromatic carbocycles. The Morgan fingerprint density at radius 2 is 1.96 bits per heavy atom. The first kappa shape index (κ1) is 16.6. The van der Waals surface area contributed by atoms with Crippen LogP contribution in [0.3, 0.4) is 0 Å². The molecule has 0 amide bonds. The molecular formula is C17H28N4O2. The van der Waals surface area contributed by atoms with E-state index in [4.69, 9.17) is 9.47 Å². The molecule has 0 spiro atoms. The van der Waals surface area contributed by atoms with Crippen LogP contribution in [-0.2, 0) is 16.0 Å². The Morgan fingerprint density at radius 1 is 1.30 bits per heavy atom. The van der Waals surface area contributed by atoms with Crippen molar-refractivity contribution in [3.05, 3.63) is 18.0 Å². The van der Waals surface area contributed by atoms with Crippen molar-refractivity contribution in [1.82, 2.24) is 15.3 Å². The number of methoxy groups -OCH3 is 1. The van der Waals surface area contributed by atoms with Gasteiger partial charge in [-0.1, -0.05) is 20.8 Å². The maximum absolute atomic E-state index is 5.60. The van der Waals surface area contributed by atoms with E-state index in [0.29, 0.717) is 18.1 Å². The minimum atomic E-state index is 0.156. The fourth-order valence-electron chi connectivity index (χ4n) is 4.15. The topological polar surface area (TPSA) is 59.5 Å². The number of nitrogens with zero attached hydrogens (tertiary/aromatic N) is 3. The van der Waals surface area contributed by atoms with Gasteiger partial charge in [-0.2, -0.15) is 0 Å². The molecule has 2 heterocycles. The molecule has 0 unspecified atom stereocenters. The summed E-state index contributed by atoms with van der Waals surface area (Å²) in [6.07, 6.45) is 4.17. The van der Waals surface area contributed by atoms with Gasteiger partial charge >= 0.3 is 0 Å². The molecular weight excluding hydrogens is 292 g/mol. The monoisotopic (exact) mass is 320 g/mol. The largest absolute Gasteiger partial charge is 0.380 e. The van der Waals surface area contributed by atoms with Crippen molar-refractivity contribution in [1.29, 1.82) is 0 Å². The zero-order valence-corrected chi connectivity index (χ0v) is 14.6. The zero-order valence-electron chi connectivity index (χ0n) is 14.6. The third-order valence-electron chi connectivity index (χ3n) is 5.30. The number of aromatic nitrogens is 2. The molecule has 1 aliphatic heterocycles. The Bertz CT molecular complexity index is 514. The third kappa shape index (κ3) is 3.20. The quantitative estimate of drug-likeness (QED) is 0.886. The predicted octanol–water partition coefficient (Wildman–Crippen LogP) is 1.46. The van der Waals surface area contributed by atoms with Crippen molar-refractivity contribution >= 4 is 5.95 Å². The number of rotatable bonds is 5. The molecule has 1 saturated carbocycles. The fourth-order valence-corrected chi connectivity index (χ4v) is 4.15. The van der Waals surface area contributed by atoms with Crippen LogP contribution in [-0.4, -0.2) is 55.5 Å². The Morgan fingerprint density at radius 3 is 2.52 bits per heavy atom. The number of hydrogen-bond donors (Lipinski definition) is 1. The van der Waals surface area contributed by atoms with E-state index in [0.717, 1.165) is 44.4 Å². The van der Waals surface area contributed by atoms with Gasteiger partial charge in [-0.05, 0) is 5.92 Å². The van der Waals surface area contributed by atoms with Crippen LogP contribution < -0.4 is 10.2 Å². The Labute approximate surface area is 138 Å². The summed E-state index contributed by atoms with van der Waals surface area (Å²) in [5.74, 6) is 1.32. The number of hydrogen-bond acceptors (Lipinski definition) is 6. The van der Waals surface area contributed by atoms with Gasteiger partial charge in [0.1, 0.15) is 0 Å². The van der Waals surface area contributed by atoms with Gasteiger partial charge in [0.25, 0.3) is 0 Å². The maximum atomic E-state index is 5.60. The first-order valence-electron chi connectivity index (χ1n) is 8.44. The summed E-state index contributed by atoms with van der Waals surface area (Å²) >= 11 is 0. The van der Waals surface area contributed by atoms with Crippen LogP contribution in [0.4, 0.5) is 5.95 Å². The molecule has 1 aromatic heterocycles. The summed E-state index contributed by atoms with van der Waals surface area (Å²) in [6, 6.07) is 0.450. The number of morpholine rings is 1. The van der Waals surface area contributed by atoms with Crippen molar-refractivity contribution in [2.75, 3.05) is 38.3 Å². The van der Waals surface area contributed by atoms with Crippen molar-refractivity contribution in [2.45, 2.75) is 39.5 Å². The second-order valence-corrected chi connectivity index (χ2v) is 7.19. The highest BCUT2D eigenvalue weighted by atomic mass is 16.5. The molecule has 128 valence electrons. The highest BCUT2D eigenvalue weighted by Gasteiger charge is 2.54. The molecule has 1 saturated heterocycles. The fraction of sp³-hybridized carbons (Fsp3) is 0.765. The van der Waals surface area contributed by atoms with Gasteiger partial charge in [0.15, 0.2) is 0 Å². The Hall–Kier alpha value is -1.24. The van der Waals surface area contributed by atoms with Crippen LogP contribution in [0.1, 0.15) is 26.3 Å². The highest BCUT2D eigenvalue weighted by molar-refractivity contribution is 5.30. The number of ether oxygens (including phenoxy) is 2. The van der Waals surface area contributed by atoms with E-state index < -0.39 is 0 Å². The molecule has 23 heavy (non-hydrogen) atoms. The number of nitrogens with one attached hydrogen (secondary N) is 1. The molecule has 6 heteroatoms. The van der Waals surface area contributed by atoms with E-state index in [-0.39, 0.29) is 5.41 Å². The summed E-state index contributed by atoms with van der Waals surface area (Å²) < 4.78 is 11.0. The molecule has 1 aliphatic carbocycles. The molecule has 0 radical (unpaired) electrons. The van der Waals surface area contributed by atoms with Crippen LogP contribution >= 0.6 is 0 Å². The van der Waals surface area contributed by atoms with Crippen molar-refractivity contribution < 1.29 is 9.47 Å². The summed E-state index contributed by atoms with van der Waals surface area (Å²) in [4.78, 5) is 11.2. The smallest absolute Gasteiger partial charge is 0.225 e. The number of anilines is 1. The Kier molecular flexibility index (Phi) is 4.85. The van der Waals surface area contributed by atoms with Gasteiger partial charge in [-0.3, -0.25) is 0 Å². The zero-order chi connectivity index (χ0) is 16.4. The van der Waals surface area contributed by atoms with E-state index >= 15 is 0 Å². The average molecular weight is 320 g/mol. The average Bonchev–Trinajstić information content (AvgIpc) is 2.56. The summed E-state index contributed by atoms with van der Waals surface area (Å²) in [5, 5.41) is 3.65. The van der Waals surface area contributed by atoms with Gasteiger partial charge in [0, 0.05) is 56.2 Å².